The highest BCUT2D eigenvalue weighted by Crippen LogP contribution is 2.30. The van der Waals surface area contributed by atoms with E-state index in [0.29, 0.717) is 24.2 Å². The number of furan rings is 1. The molecule has 0 bridgehead atoms. The molecule has 1 saturated carbocycles. The van der Waals surface area contributed by atoms with Gasteiger partial charge in [-0.2, -0.15) is 0 Å². The van der Waals surface area contributed by atoms with Gasteiger partial charge in [-0.3, -0.25) is 4.90 Å². The number of oxazole rings is 1. The Morgan fingerprint density at radius 3 is 2.81 bits per heavy atom. The van der Waals surface area contributed by atoms with Crippen molar-refractivity contribution in [2.75, 3.05) is 5.73 Å². The van der Waals surface area contributed by atoms with Crippen LogP contribution >= 0.6 is 0 Å². The van der Waals surface area contributed by atoms with E-state index in [-0.39, 0.29) is 0 Å². The number of hydrogen-bond acceptors (Lipinski definition) is 5. The van der Waals surface area contributed by atoms with Crippen LogP contribution < -0.4 is 5.73 Å². The summed E-state index contributed by atoms with van der Waals surface area (Å²) >= 11 is 0. The number of nitrogen functional groups attached to an aromatic ring is 1. The van der Waals surface area contributed by atoms with E-state index < -0.39 is 0 Å². The van der Waals surface area contributed by atoms with Gasteiger partial charge in [-0.1, -0.05) is 6.07 Å². The summed E-state index contributed by atoms with van der Waals surface area (Å²) in [7, 11) is 0. The monoisotopic (exact) mass is 283 g/mol. The maximum Gasteiger partial charge on any atom is 0.209 e. The number of nitrogens with zero attached hydrogens (tertiary/aromatic N) is 2. The van der Waals surface area contributed by atoms with Crippen molar-refractivity contribution < 1.29 is 8.83 Å². The Hall–Kier alpha value is -2.27. The standard InChI is InChI=1S/C16H17N3O2/c17-13-4-1-5-14-16(13)18-15(21-14)10-19(11-6-7-11)9-12-3-2-8-20-12/h1-5,8,11H,6-7,9-10,17H2. The number of para-hydroxylation sites is 1. The normalized spacial score (nSPS) is 15.1. The first-order valence-electron chi connectivity index (χ1n) is 7.20. The van der Waals surface area contributed by atoms with Crippen LogP contribution in [-0.2, 0) is 13.1 Å². The van der Waals surface area contributed by atoms with Crippen molar-refractivity contribution in [3.63, 3.8) is 0 Å². The van der Waals surface area contributed by atoms with E-state index in [0.717, 1.165) is 23.4 Å². The molecule has 108 valence electrons. The third kappa shape index (κ3) is 2.52. The molecule has 0 atom stereocenters. The Morgan fingerprint density at radius 1 is 1.19 bits per heavy atom. The van der Waals surface area contributed by atoms with Crippen LogP contribution in [0, 0.1) is 0 Å². The Kier molecular flexibility index (Phi) is 2.93. The predicted octanol–water partition coefficient (Wildman–Crippen LogP) is 3.17. The van der Waals surface area contributed by atoms with E-state index >= 15 is 0 Å². The summed E-state index contributed by atoms with van der Waals surface area (Å²) < 4.78 is 11.3. The lowest BCUT2D eigenvalue weighted by Crippen LogP contribution is -2.24. The molecule has 2 heterocycles. The van der Waals surface area contributed by atoms with Crippen molar-refractivity contribution in [2.24, 2.45) is 0 Å². The molecule has 0 aliphatic heterocycles. The van der Waals surface area contributed by atoms with Gasteiger partial charge >= 0.3 is 0 Å². The number of rotatable bonds is 5. The summed E-state index contributed by atoms with van der Waals surface area (Å²) in [6.07, 6.45) is 4.16. The van der Waals surface area contributed by atoms with Crippen molar-refractivity contribution in [1.29, 1.82) is 0 Å². The van der Waals surface area contributed by atoms with Crippen LogP contribution in [0.1, 0.15) is 24.5 Å². The maximum absolute atomic E-state index is 5.93. The lowest BCUT2D eigenvalue weighted by Gasteiger charge is -2.18. The summed E-state index contributed by atoms with van der Waals surface area (Å²) in [5.41, 5.74) is 8.09. The molecule has 1 aliphatic rings. The number of nitrogens with two attached hydrogens (primary N) is 1. The average Bonchev–Trinajstić information content (AvgIpc) is 3.03. The highest BCUT2D eigenvalue weighted by Gasteiger charge is 2.30. The van der Waals surface area contributed by atoms with Crippen molar-refractivity contribution in [3.05, 3.63) is 48.2 Å². The quantitative estimate of drug-likeness (QED) is 0.728. The third-order valence-corrected chi connectivity index (χ3v) is 3.84. The fourth-order valence-corrected chi connectivity index (χ4v) is 2.61. The minimum Gasteiger partial charge on any atom is -0.468 e. The van der Waals surface area contributed by atoms with Gasteiger partial charge in [0.25, 0.3) is 0 Å². The number of hydrogen-bond donors (Lipinski definition) is 1. The highest BCUT2D eigenvalue weighted by molar-refractivity contribution is 5.85. The van der Waals surface area contributed by atoms with E-state index in [1.807, 2.05) is 30.3 Å². The highest BCUT2D eigenvalue weighted by atomic mass is 16.3. The second-order valence-corrected chi connectivity index (χ2v) is 5.52. The van der Waals surface area contributed by atoms with E-state index in [2.05, 4.69) is 9.88 Å². The van der Waals surface area contributed by atoms with E-state index in [4.69, 9.17) is 14.6 Å². The molecule has 0 radical (unpaired) electrons. The van der Waals surface area contributed by atoms with Gasteiger partial charge in [0.15, 0.2) is 5.58 Å². The van der Waals surface area contributed by atoms with Crippen molar-refractivity contribution >= 4 is 16.8 Å². The average molecular weight is 283 g/mol. The summed E-state index contributed by atoms with van der Waals surface area (Å²) in [6, 6.07) is 10.1. The molecule has 2 aromatic heterocycles. The number of anilines is 1. The lowest BCUT2D eigenvalue weighted by molar-refractivity contribution is 0.206. The molecule has 3 aromatic rings. The molecule has 1 aliphatic carbocycles. The number of aromatic nitrogens is 1. The molecular formula is C16H17N3O2. The van der Waals surface area contributed by atoms with Gasteiger partial charge in [-0.05, 0) is 37.1 Å². The minimum absolute atomic E-state index is 0.599. The first-order valence-corrected chi connectivity index (χ1v) is 7.20. The summed E-state index contributed by atoms with van der Waals surface area (Å²) in [4.78, 5) is 6.87. The van der Waals surface area contributed by atoms with Crippen LogP contribution in [0.4, 0.5) is 5.69 Å². The zero-order valence-corrected chi connectivity index (χ0v) is 11.7. The van der Waals surface area contributed by atoms with Crippen LogP contribution in [0.2, 0.25) is 0 Å². The minimum atomic E-state index is 0.599. The van der Waals surface area contributed by atoms with Crippen LogP contribution in [0.3, 0.4) is 0 Å². The molecule has 2 N–H and O–H groups in total. The molecule has 5 nitrogen and oxygen atoms in total. The van der Waals surface area contributed by atoms with Gasteiger partial charge in [-0.25, -0.2) is 4.98 Å². The van der Waals surface area contributed by atoms with Gasteiger partial charge < -0.3 is 14.6 Å². The first kappa shape index (κ1) is 12.5. The predicted molar refractivity (Wildman–Crippen MR) is 79.4 cm³/mol. The zero-order valence-electron chi connectivity index (χ0n) is 11.7. The molecule has 5 heteroatoms. The lowest BCUT2D eigenvalue weighted by atomic mass is 10.3. The molecule has 21 heavy (non-hydrogen) atoms. The van der Waals surface area contributed by atoms with Gasteiger partial charge in [0.2, 0.25) is 5.89 Å². The van der Waals surface area contributed by atoms with Crippen LogP contribution in [0.5, 0.6) is 0 Å². The Labute approximate surface area is 122 Å². The number of fused-ring (bicyclic) bond motifs is 1. The molecule has 4 rings (SSSR count). The molecule has 0 unspecified atom stereocenters. The molecule has 1 aromatic carbocycles. The molecule has 1 fully saturated rings. The van der Waals surface area contributed by atoms with Gasteiger partial charge in [0.1, 0.15) is 11.3 Å². The SMILES string of the molecule is Nc1cccc2oc(CN(Cc3ccco3)C3CC3)nc12. The third-order valence-electron chi connectivity index (χ3n) is 3.84. The molecule has 0 saturated heterocycles. The van der Waals surface area contributed by atoms with Crippen LogP contribution in [-0.4, -0.2) is 15.9 Å². The summed E-state index contributed by atoms with van der Waals surface area (Å²) in [5, 5.41) is 0. The Balaban J connectivity index is 1.57. The van der Waals surface area contributed by atoms with Crippen LogP contribution in [0.15, 0.2) is 45.4 Å². The summed E-state index contributed by atoms with van der Waals surface area (Å²) in [5.74, 6) is 1.68. The van der Waals surface area contributed by atoms with Crippen LogP contribution in [0.25, 0.3) is 11.1 Å². The first-order chi connectivity index (χ1) is 10.3. The second kappa shape index (κ2) is 4.93. The van der Waals surface area contributed by atoms with E-state index in [1.54, 1.807) is 6.26 Å². The zero-order chi connectivity index (χ0) is 14.2. The van der Waals surface area contributed by atoms with E-state index in [1.165, 1.54) is 12.8 Å². The Morgan fingerprint density at radius 2 is 2.10 bits per heavy atom. The topological polar surface area (TPSA) is 68.4 Å². The fraction of sp³-hybridized carbons (Fsp3) is 0.312. The van der Waals surface area contributed by atoms with Gasteiger partial charge in [0.05, 0.1) is 25.0 Å². The van der Waals surface area contributed by atoms with Crippen molar-refractivity contribution in [1.82, 2.24) is 9.88 Å². The Bertz CT molecular complexity index is 744. The fourth-order valence-electron chi connectivity index (χ4n) is 2.61. The largest absolute Gasteiger partial charge is 0.468 e. The maximum atomic E-state index is 5.93. The molecular weight excluding hydrogens is 266 g/mol. The van der Waals surface area contributed by atoms with Gasteiger partial charge in [0, 0.05) is 6.04 Å². The number of benzene rings is 1. The van der Waals surface area contributed by atoms with E-state index in [9.17, 15) is 0 Å². The molecule has 0 spiro atoms. The van der Waals surface area contributed by atoms with Crippen molar-refractivity contribution in [3.8, 4) is 0 Å². The second-order valence-electron chi connectivity index (χ2n) is 5.52. The summed E-state index contributed by atoms with van der Waals surface area (Å²) in [6.45, 7) is 1.46. The van der Waals surface area contributed by atoms with Gasteiger partial charge in [-0.15, -0.1) is 0 Å². The van der Waals surface area contributed by atoms with Crippen molar-refractivity contribution in [2.45, 2.75) is 32.0 Å². The smallest absolute Gasteiger partial charge is 0.209 e. The molecule has 0 amide bonds.